The molecule has 24 nitrogen and oxygen atoms in total. The standard InChI is InChI=1S/C56H76N8O16/c1-7-31(4)46(61-51(74)43(69)29-35-15-19-37(68)20-16-35)52(75)57-39(24-26-66)49(72)62-47-32(5)80-56(79)45(30(2)3)60-50(73)41(27-34-13-17-36(67)18-14-34)63(6)55(78)42(28-33-11-9-8-10-12-33)64-44(70)22-21-40(54(64)77)59-48(71)38(23-25-65)58-53(47)76/h8-20,30-32,38-47,65-70H,7,21-29H2,1-6H3,(H,57,75)(H,58,76)(H,59,71)(H,60,73)(H,61,74)(H,62,72)/t31?,32?,38?,39?,40?,41?,42-,43?,44?,45-,46?,47?/m0/s1. The van der Waals surface area contributed by atoms with E-state index in [9.17, 15) is 69.0 Å². The van der Waals surface area contributed by atoms with E-state index in [0.29, 0.717) is 23.1 Å². The molecule has 3 aromatic rings. The van der Waals surface area contributed by atoms with E-state index in [4.69, 9.17) is 4.74 Å². The van der Waals surface area contributed by atoms with Crippen molar-refractivity contribution in [2.45, 2.75) is 153 Å². The Morgan fingerprint density at radius 2 is 1.31 bits per heavy atom. The largest absolute Gasteiger partial charge is 0.508 e. The maximum atomic E-state index is 15.1. The Bertz CT molecular complexity index is 2630. The number of aliphatic hydroxyl groups is 4. The molecule has 2 saturated heterocycles. The van der Waals surface area contributed by atoms with Gasteiger partial charge in [0.25, 0.3) is 0 Å². The molecule has 2 fully saturated rings. The second-order valence-electron chi connectivity index (χ2n) is 20.7. The highest BCUT2D eigenvalue weighted by atomic mass is 16.5. The van der Waals surface area contributed by atoms with E-state index in [2.05, 4.69) is 31.9 Å². The summed E-state index contributed by atoms with van der Waals surface area (Å²) in [6.07, 6.45) is -6.28. The predicted molar refractivity (Wildman–Crippen MR) is 287 cm³/mol. The van der Waals surface area contributed by atoms with Gasteiger partial charge in [-0.15, -0.1) is 0 Å². The summed E-state index contributed by atoms with van der Waals surface area (Å²) in [7, 11) is 1.32. The zero-order valence-electron chi connectivity index (χ0n) is 45.7. The van der Waals surface area contributed by atoms with Gasteiger partial charge in [0.2, 0.25) is 47.3 Å². The van der Waals surface area contributed by atoms with Crippen LogP contribution in [0.4, 0.5) is 0 Å². The third kappa shape index (κ3) is 16.9. The molecule has 436 valence electrons. The SMILES string of the molecule is CCC(C)C(NC(=O)C(O)Cc1ccc(O)cc1)C(=O)NC(CCO)C(=O)NC1C(=O)NC(CCO)C(=O)NC2CCC(O)N(C2=O)[C@@H](Cc2ccccc2)C(=O)N(C)C(Cc2ccc(O)cc2)C(=O)N[C@@H](C(C)C)C(=O)OC1C. The fourth-order valence-corrected chi connectivity index (χ4v) is 9.40. The highest BCUT2D eigenvalue weighted by Gasteiger charge is 2.46. The number of cyclic esters (lactones) is 1. The second kappa shape index (κ2) is 29.5. The number of carbonyl (C=O) groups is 9. The molecule has 80 heavy (non-hydrogen) atoms. The quantitative estimate of drug-likeness (QED) is 0.0637. The van der Waals surface area contributed by atoms with Crippen LogP contribution in [0.1, 0.15) is 83.4 Å². The molecular formula is C56H76N8O16. The van der Waals surface area contributed by atoms with Crippen LogP contribution in [0.15, 0.2) is 78.9 Å². The van der Waals surface area contributed by atoms with Crippen molar-refractivity contribution >= 4 is 53.2 Å². The number of fused-ring (bicyclic) bond motifs is 2. The summed E-state index contributed by atoms with van der Waals surface area (Å²) in [6.45, 7) is 6.33. The van der Waals surface area contributed by atoms with Crippen molar-refractivity contribution in [1.29, 1.82) is 0 Å². The van der Waals surface area contributed by atoms with Crippen LogP contribution in [-0.4, -0.2) is 181 Å². The number of hydrogen-bond donors (Lipinski definition) is 12. The minimum Gasteiger partial charge on any atom is -0.508 e. The molecular weight excluding hydrogens is 1040 g/mol. The number of nitrogens with one attached hydrogen (secondary N) is 6. The van der Waals surface area contributed by atoms with Gasteiger partial charge in [-0.25, -0.2) is 4.79 Å². The maximum absolute atomic E-state index is 15.1. The second-order valence-corrected chi connectivity index (χ2v) is 20.7. The normalized spacial score (nSPS) is 24.1. The first-order chi connectivity index (χ1) is 38.0. The number of likely N-dealkylation sites (N-methyl/N-ethyl adjacent to an activating group) is 1. The van der Waals surface area contributed by atoms with Crippen molar-refractivity contribution in [3.63, 3.8) is 0 Å². The number of ether oxygens (including phenoxy) is 1. The summed E-state index contributed by atoms with van der Waals surface area (Å²) >= 11 is 0. The van der Waals surface area contributed by atoms with Gasteiger partial charge in [-0.1, -0.05) is 88.7 Å². The molecule has 12 N–H and O–H groups in total. The van der Waals surface area contributed by atoms with Crippen molar-refractivity contribution in [3.05, 3.63) is 95.6 Å². The molecule has 5 rings (SSSR count). The Balaban J connectivity index is 1.53. The number of aromatic hydroxyl groups is 2. The van der Waals surface area contributed by atoms with Crippen LogP contribution < -0.4 is 31.9 Å². The van der Waals surface area contributed by atoms with Gasteiger partial charge < -0.3 is 77.1 Å². The Labute approximate surface area is 464 Å². The minimum absolute atomic E-state index is 0.0304. The lowest BCUT2D eigenvalue weighted by Crippen LogP contribution is -2.65. The molecule has 0 aromatic heterocycles. The van der Waals surface area contributed by atoms with Gasteiger partial charge in [0.05, 0.1) is 0 Å². The van der Waals surface area contributed by atoms with E-state index < -0.39 is 158 Å². The lowest BCUT2D eigenvalue weighted by Gasteiger charge is -2.43. The van der Waals surface area contributed by atoms with Gasteiger partial charge in [-0.05, 0) is 85.4 Å². The van der Waals surface area contributed by atoms with Gasteiger partial charge in [0.1, 0.15) is 78.3 Å². The number of esters is 1. The van der Waals surface area contributed by atoms with Crippen LogP contribution >= 0.6 is 0 Å². The lowest BCUT2D eigenvalue weighted by molar-refractivity contribution is -0.165. The van der Waals surface area contributed by atoms with E-state index >= 15 is 4.79 Å². The summed E-state index contributed by atoms with van der Waals surface area (Å²) in [4.78, 5) is 131. The van der Waals surface area contributed by atoms with Crippen molar-refractivity contribution < 1.29 is 78.5 Å². The average Bonchev–Trinajstić information content (AvgIpc) is 3.42. The van der Waals surface area contributed by atoms with E-state index in [1.165, 1.54) is 62.5 Å². The number of nitrogens with zero attached hydrogens (tertiary/aromatic N) is 2. The Hall–Kier alpha value is -7.67. The van der Waals surface area contributed by atoms with Gasteiger partial charge in [-0.2, -0.15) is 0 Å². The first-order valence-corrected chi connectivity index (χ1v) is 26.8. The summed E-state index contributed by atoms with van der Waals surface area (Å²) in [5, 5.41) is 77.6. The third-order valence-corrected chi connectivity index (χ3v) is 14.4. The number of rotatable bonds is 19. The van der Waals surface area contributed by atoms with Crippen LogP contribution in [0.3, 0.4) is 0 Å². The summed E-state index contributed by atoms with van der Waals surface area (Å²) in [5.41, 5.74) is 1.53. The first kappa shape index (κ1) is 63.2. The minimum atomic E-state index is -1.93. The van der Waals surface area contributed by atoms with Gasteiger partial charge in [-0.3, -0.25) is 38.4 Å². The number of phenolic OH excluding ortho intramolecular Hbond substituents is 2. The molecule has 2 bridgehead atoms. The third-order valence-electron chi connectivity index (χ3n) is 14.4. The Kier molecular flexibility index (Phi) is 23.3. The van der Waals surface area contributed by atoms with E-state index in [1.54, 1.807) is 58.0 Å². The van der Waals surface area contributed by atoms with E-state index in [1.807, 2.05) is 0 Å². The number of piperidine rings is 1. The smallest absolute Gasteiger partial charge is 0.329 e. The molecule has 0 aliphatic carbocycles. The molecule has 12 atom stereocenters. The monoisotopic (exact) mass is 1120 g/mol. The number of benzene rings is 3. The number of amides is 8. The molecule has 10 unspecified atom stereocenters. The van der Waals surface area contributed by atoms with Crippen molar-refractivity contribution in [1.82, 2.24) is 41.7 Å². The average molecular weight is 1120 g/mol. The van der Waals surface area contributed by atoms with E-state index in [0.717, 1.165) is 9.80 Å². The summed E-state index contributed by atoms with van der Waals surface area (Å²) < 4.78 is 5.86. The predicted octanol–water partition coefficient (Wildman–Crippen LogP) is -1.06. The molecule has 2 heterocycles. The molecule has 8 amide bonds. The van der Waals surface area contributed by atoms with Crippen LogP contribution in [0.5, 0.6) is 11.5 Å². The van der Waals surface area contributed by atoms with Crippen LogP contribution in [0.25, 0.3) is 0 Å². The summed E-state index contributed by atoms with van der Waals surface area (Å²) in [6, 6.07) is 7.70. The zero-order chi connectivity index (χ0) is 59.0. The topological polar surface area (TPSA) is 363 Å². The fraction of sp³-hybridized carbons (Fsp3) is 0.518. The van der Waals surface area contributed by atoms with Crippen molar-refractivity contribution in [2.24, 2.45) is 11.8 Å². The molecule has 2 aliphatic rings. The Morgan fingerprint density at radius 3 is 1.90 bits per heavy atom. The van der Waals surface area contributed by atoms with Crippen LogP contribution in [0.2, 0.25) is 0 Å². The maximum Gasteiger partial charge on any atom is 0.329 e. The van der Waals surface area contributed by atoms with Crippen molar-refractivity contribution in [2.75, 3.05) is 20.3 Å². The first-order valence-electron chi connectivity index (χ1n) is 26.8. The number of phenols is 2. The zero-order valence-corrected chi connectivity index (χ0v) is 45.7. The lowest BCUT2D eigenvalue weighted by atomic mass is 9.95. The number of hydrogen-bond acceptors (Lipinski definition) is 16. The summed E-state index contributed by atoms with van der Waals surface area (Å²) in [5.74, 6) is -10.3. The molecule has 0 saturated carbocycles. The fourth-order valence-electron chi connectivity index (χ4n) is 9.40. The van der Waals surface area contributed by atoms with Gasteiger partial charge >= 0.3 is 5.97 Å². The molecule has 0 spiro atoms. The van der Waals surface area contributed by atoms with Crippen LogP contribution in [-0.2, 0) is 67.2 Å². The highest BCUT2D eigenvalue weighted by Crippen LogP contribution is 2.26. The van der Waals surface area contributed by atoms with E-state index in [-0.39, 0.29) is 43.6 Å². The van der Waals surface area contributed by atoms with Crippen molar-refractivity contribution in [3.8, 4) is 11.5 Å². The highest BCUT2D eigenvalue weighted by molar-refractivity contribution is 5.99. The van der Waals surface area contributed by atoms with Crippen LogP contribution in [0, 0.1) is 11.8 Å². The molecule has 0 radical (unpaired) electrons. The molecule has 2 aliphatic heterocycles. The number of aliphatic hydroxyl groups excluding tert-OH is 4. The number of carbonyl (C=O) groups excluding carboxylic acids is 9. The Morgan fingerprint density at radius 1 is 0.713 bits per heavy atom. The van der Waals surface area contributed by atoms with Gasteiger partial charge in [0.15, 0.2) is 0 Å². The molecule has 24 heteroatoms. The molecule has 3 aromatic carbocycles. The van der Waals surface area contributed by atoms with Gasteiger partial charge in [0, 0.05) is 39.5 Å².